The number of rotatable bonds is 15. The number of unbranched alkanes of at least 4 members (excludes halogenated alkanes) is 3. The summed E-state index contributed by atoms with van der Waals surface area (Å²) in [6, 6.07) is 0.0577. The third-order valence-electron chi connectivity index (χ3n) is 4.47. The van der Waals surface area contributed by atoms with Gasteiger partial charge in [-0.05, 0) is 25.2 Å². The van der Waals surface area contributed by atoms with Crippen LogP contribution >= 0.6 is 25.3 Å². The highest BCUT2D eigenvalue weighted by atomic mass is 32.2. The van der Waals surface area contributed by atoms with Crippen LogP contribution in [-0.2, 0) is 14.3 Å². The van der Waals surface area contributed by atoms with Crippen molar-refractivity contribution < 1.29 is 14.3 Å². The van der Waals surface area contributed by atoms with Gasteiger partial charge in [0.1, 0.15) is 6.73 Å². The summed E-state index contributed by atoms with van der Waals surface area (Å²) in [6.45, 7) is 9.61. The highest BCUT2D eigenvalue weighted by molar-refractivity contribution is 7.99. The van der Waals surface area contributed by atoms with Gasteiger partial charge in [0.2, 0.25) is 5.91 Å². The number of amides is 1. The van der Waals surface area contributed by atoms with Crippen LogP contribution in [0.25, 0.3) is 0 Å². The number of carbonyl (C=O) groups excluding carboxylic acids is 1. The highest BCUT2D eigenvalue weighted by Crippen LogP contribution is 2.24. The fourth-order valence-electron chi connectivity index (χ4n) is 2.78. The Kier molecular flexibility index (Phi) is 15.2. The predicted octanol–water partition coefficient (Wildman–Crippen LogP) is 4.78. The van der Waals surface area contributed by atoms with E-state index in [1.165, 1.54) is 0 Å². The summed E-state index contributed by atoms with van der Waals surface area (Å²) in [4.78, 5) is 14.7. The van der Waals surface area contributed by atoms with Crippen molar-refractivity contribution in [1.82, 2.24) is 4.90 Å². The maximum absolute atomic E-state index is 12.8. The Morgan fingerprint density at radius 3 is 2.20 bits per heavy atom. The fourth-order valence-corrected chi connectivity index (χ4v) is 3.27. The minimum atomic E-state index is -0.177. The molecule has 0 aromatic rings. The number of hydrogen-bond acceptors (Lipinski definition) is 5. The third-order valence-corrected chi connectivity index (χ3v) is 5.13. The summed E-state index contributed by atoms with van der Waals surface area (Å²) in [7, 11) is 1.67. The molecule has 1 amide bonds. The minimum absolute atomic E-state index is 0.0577. The summed E-state index contributed by atoms with van der Waals surface area (Å²) in [5, 5.41) is 0. The van der Waals surface area contributed by atoms with Crippen LogP contribution in [0, 0.1) is 5.92 Å². The summed E-state index contributed by atoms with van der Waals surface area (Å²) in [5.41, 5.74) is 0. The predicted molar refractivity (Wildman–Crippen MR) is 113 cm³/mol. The maximum atomic E-state index is 12.8. The number of nitrogens with zero attached hydrogens (tertiary/aromatic N) is 1. The minimum Gasteiger partial charge on any atom is -0.379 e. The Hall–Kier alpha value is 0.0900. The molecule has 2 unspecified atom stereocenters. The molecular weight excluding hydrogens is 354 g/mol. The second-order valence-corrected chi connectivity index (χ2v) is 8.47. The molecule has 0 N–H and O–H groups in total. The number of methoxy groups -OCH3 is 1. The summed E-state index contributed by atoms with van der Waals surface area (Å²) < 4.78 is 11.2. The average Bonchev–Trinajstić information content (AvgIpc) is 2.57. The van der Waals surface area contributed by atoms with Gasteiger partial charge in [-0.25, -0.2) is 0 Å². The van der Waals surface area contributed by atoms with E-state index in [0.29, 0.717) is 32.1 Å². The molecule has 25 heavy (non-hydrogen) atoms. The first-order chi connectivity index (χ1) is 11.9. The zero-order valence-corrected chi connectivity index (χ0v) is 18.5. The van der Waals surface area contributed by atoms with Gasteiger partial charge in [-0.15, -0.1) is 0 Å². The van der Waals surface area contributed by atoms with Gasteiger partial charge < -0.3 is 14.4 Å². The van der Waals surface area contributed by atoms with E-state index in [2.05, 4.69) is 53.0 Å². The molecule has 0 fully saturated rings. The van der Waals surface area contributed by atoms with Crippen LogP contribution in [-0.4, -0.2) is 48.0 Å². The fraction of sp³-hybridized carbons (Fsp3) is 0.947. The molecule has 0 bridgehead atoms. The highest BCUT2D eigenvalue weighted by Gasteiger charge is 2.30. The van der Waals surface area contributed by atoms with Crippen molar-refractivity contribution >= 4 is 31.2 Å². The van der Waals surface area contributed by atoms with Crippen LogP contribution in [0.15, 0.2) is 0 Å². The molecule has 0 radical (unpaired) electrons. The smallest absolute Gasteiger partial charge is 0.224 e. The number of ether oxygens (including phenoxy) is 2. The number of carbonyl (C=O) groups is 1. The lowest BCUT2D eigenvalue weighted by atomic mass is 9.96. The van der Waals surface area contributed by atoms with Crippen molar-refractivity contribution in [3.05, 3.63) is 0 Å². The van der Waals surface area contributed by atoms with E-state index in [1.54, 1.807) is 7.11 Å². The van der Waals surface area contributed by atoms with Crippen LogP contribution in [0.1, 0.15) is 72.6 Å². The summed E-state index contributed by atoms with van der Waals surface area (Å²) in [5.74, 6) is 0.476. The van der Waals surface area contributed by atoms with E-state index in [9.17, 15) is 4.79 Å². The topological polar surface area (TPSA) is 38.8 Å². The van der Waals surface area contributed by atoms with E-state index in [4.69, 9.17) is 9.47 Å². The second-order valence-electron chi connectivity index (χ2n) is 6.95. The summed E-state index contributed by atoms with van der Waals surface area (Å²) >= 11 is 8.81. The van der Waals surface area contributed by atoms with Gasteiger partial charge in [0.15, 0.2) is 0 Å². The zero-order valence-electron chi connectivity index (χ0n) is 16.7. The van der Waals surface area contributed by atoms with Crippen molar-refractivity contribution in [2.75, 3.05) is 20.4 Å². The van der Waals surface area contributed by atoms with Crippen LogP contribution < -0.4 is 0 Å². The monoisotopic (exact) mass is 393 g/mol. The van der Waals surface area contributed by atoms with Crippen molar-refractivity contribution in [2.45, 2.75) is 89.4 Å². The Labute approximate surface area is 166 Å². The van der Waals surface area contributed by atoms with Crippen molar-refractivity contribution in [3.8, 4) is 0 Å². The van der Waals surface area contributed by atoms with Gasteiger partial charge in [0.05, 0.1) is 10.7 Å². The molecular formula is C19H39NO3S2. The molecule has 6 heteroatoms. The van der Waals surface area contributed by atoms with Crippen molar-refractivity contribution in [2.24, 2.45) is 5.92 Å². The molecule has 4 nitrogen and oxygen atoms in total. The van der Waals surface area contributed by atoms with Crippen LogP contribution in [0.3, 0.4) is 0 Å². The maximum Gasteiger partial charge on any atom is 0.224 e. The lowest BCUT2D eigenvalue weighted by molar-refractivity contribution is -0.143. The Bertz CT molecular complexity index is 341. The van der Waals surface area contributed by atoms with Crippen LogP contribution in [0.4, 0.5) is 0 Å². The quantitative estimate of drug-likeness (QED) is 0.239. The van der Waals surface area contributed by atoms with E-state index < -0.39 is 0 Å². The Balaban J connectivity index is 5.01. The zero-order chi connectivity index (χ0) is 19.2. The molecule has 2 atom stereocenters. The first-order valence-electron chi connectivity index (χ1n) is 9.65. The standard InChI is InChI=1S/C19H39NO3S2/c1-6-8-10-12-23-14-20(18(21)11-9-7-2)16(15(3)4)13-17(22-5)19(24)25/h15-17,19,24-25H,6-14H2,1-5H3. The van der Waals surface area contributed by atoms with Gasteiger partial charge in [-0.2, -0.15) is 25.3 Å². The van der Waals surface area contributed by atoms with Gasteiger partial charge in [-0.1, -0.05) is 47.0 Å². The van der Waals surface area contributed by atoms with Gasteiger partial charge in [-0.3, -0.25) is 4.79 Å². The first-order valence-corrected chi connectivity index (χ1v) is 10.7. The van der Waals surface area contributed by atoms with Crippen molar-refractivity contribution in [1.29, 1.82) is 0 Å². The Morgan fingerprint density at radius 1 is 1.08 bits per heavy atom. The lowest BCUT2D eigenvalue weighted by Gasteiger charge is -2.37. The second kappa shape index (κ2) is 15.2. The molecule has 0 saturated carbocycles. The molecule has 150 valence electrons. The molecule has 0 saturated heterocycles. The molecule has 0 aromatic heterocycles. The SMILES string of the molecule is CCCCCOCN(C(=O)CCCC)C(CC(OC)C(S)S)C(C)C. The Morgan fingerprint density at radius 2 is 1.72 bits per heavy atom. The normalized spacial score (nSPS) is 14.1. The number of hydrogen-bond donors (Lipinski definition) is 2. The van der Waals surface area contributed by atoms with Crippen LogP contribution in [0.2, 0.25) is 0 Å². The molecule has 0 heterocycles. The van der Waals surface area contributed by atoms with E-state index in [0.717, 1.165) is 32.1 Å². The van der Waals surface area contributed by atoms with Gasteiger partial charge >= 0.3 is 0 Å². The molecule has 0 aromatic carbocycles. The molecule has 0 spiro atoms. The largest absolute Gasteiger partial charge is 0.379 e. The van der Waals surface area contributed by atoms with Gasteiger partial charge in [0, 0.05) is 26.2 Å². The van der Waals surface area contributed by atoms with Gasteiger partial charge in [0.25, 0.3) is 0 Å². The molecule has 0 aliphatic carbocycles. The molecule has 0 rings (SSSR count). The van der Waals surface area contributed by atoms with Crippen LogP contribution in [0.5, 0.6) is 0 Å². The van der Waals surface area contributed by atoms with E-state index in [1.807, 2.05) is 4.90 Å². The van der Waals surface area contributed by atoms with E-state index >= 15 is 0 Å². The lowest BCUT2D eigenvalue weighted by Crippen LogP contribution is -2.47. The third kappa shape index (κ3) is 10.7. The van der Waals surface area contributed by atoms with Crippen molar-refractivity contribution in [3.63, 3.8) is 0 Å². The molecule has 0 aliphatic heterocycles. The number of thiol groups is 2. The average molecular weight is 394 g/mol. The first kappa shape index (κ1) is 25.1. The molecule has 0 aliphatic rings. The summed E-state index contributed by atoms with van der Waals surface area (Å²) in [6.07, 6.45) is 6.45. The van der Waals surface area contributed by atoms with E-state index in [-0.39, 0.29) is 22.6 Å².